The lowest BCUT2D eigenvalue weighted by Crippen LogP contribution is -2.41. The summed E-state index contributed by atoms with van der Waals surface area (Å²) in [7, 11) is -3.16. The molecule has 1 aromatic carbocycles. The minimum atomic E-state index is -3.16. The molecule has 0 aliphatic heterocycles. The third-order valence-electron chi connectivity index (χ3n) is 4.75. The topological polar surface area (TPSA) is 70.2 Å². The Labute approximate surface area is 169 Å². The monoisotopic (exact) mass is 413 g/mol. The second-order valence-corrected chi connectivity index (χ2v) is 12.6. The smallest absolute Gasteiger partial charge is 0.214 e. The SMILES string of the molecule is CC(C)S(=O)(=O)N[C@H]1CC[C@H](CNc2ccc(NSC(C)(C)C)cc2)CC1. The second-order valence-electron chi connectivity index (χ2n) is 8.70. The van der Waals surface area contributed by atoms with Gasteiger partial charge in [-0.15, -0.1) is 0 Å². The highest BCUT2D eigenvalue weighted by Crippen LogP contribution is 2.27. The maximum absolute atomic E-state index is 12.0. The molecule has 0 unspecified atom stereocenters. The fraction of sp³-hybridized carbons (Fsp3) is 0.700. The van der Waals surface area contributed by atoms with Gasteiger partial charge in [0.1, 0.15) is 0 Å². The van der Waals surface area contributed by atoms with Gasteiger partial charge < -0.3 is 10.0 Å². The van der Waals surface area contributed by atoms with Gasteiger partial charge in [-0.25, -0.2) is 13.1 Å². The van der Waals surface area contributed by atoms with E-state index in [2.05, 4.69) is 59.8 Å². The van der Waals surface area contributed by atoms with Crippen molar-refractivity contribution in [3.63, 3.8) is 0 Å². The van der Waals surface area contributed by atoms with E-state index in [4.69, 9.17) is 0 Å². The van der Waals surface area contributed by atoms with Crippen molar-refractivity contribution in [1.82, 2.24) is 4.72 Å². The van der Waals surface area contributed by atoms with E-state index in [0.29, 0.717) is 5.92 Å². The van der Waals surface area contributed by atoms with Crippen LogP contribution < -0.4 is 14.8 Å². The summed E-state index contributed by atoms with van der Waals surface area (Å²) in [5.41, 5.74) is 2.24. The highest BCUT2D eigenvalue weighted by atomic mass is 32.2. The van der Waals surface area contributed by atoms with E-state index in [1.807, 2.05) is 0 Å². The van der Waals surface area contributed by atoms with Crippen molar-refractivity contribution in [2.45, 2.75) is 76.3 Å². The maximum atomic E-state index is 12.0. The van der Waals surface area contributed by atoms with Crippen LogP contribution in [0.3, 0.4) is 0 Å². The predicted octanol–water partition coefficient (Wildman–Crippen LogP) is 4.84. The Bertz CT molecular complexity index is 674. The highest BCUT2D eigenvalue weighted by molar-refractivity contribution is 8.01. The average Bonchev–Trinajstić information content (AvgIpc) is 2.59. The van der Waals surface area contributed by atoms with Crippen LogP contribution in [0.2, 0.25) is 0 Å². The fourth-order valence-corrected chi connectivity index (χ4v) is 4.52. The molecular weight excluding hydrogens is 378 g/mol. The van der Waals surface area contributed by atoms with Crippen molar-refractivity contribution in [2.24, 2.45) is 5.92 Å². The predicted molar refractivity (Wildman–Crippen MR) is 119 cm³/mol. The summed E-state index contributed by atoms with van der Waals surface area (Å²) in [5.74, 6) is 0.596. The molecule has 1 fully saturated rings. The zero-order chi connectivity index (χ0) is 20.1. The molecule has 3 N–H and O–H groups in total. The number of rotatable bonds is 8. The average molecular weight is 414 g/mol. The van der Waals surface area contributed by atoms with E-state index in [0.717, 1.165) is 43.6 Å². The third-order valence-corrected chi connectivity index (χ3v) is 7.61. The molecule has 0 atom stereocenters. The van der Waals surface area contributed by atoms with Gasteiger partial charge in [0.2, 0.25) is 10.0 Å². The van der Waals surface area contributed by atoms with Crippen LogP contribution in [0.5, 0.6) is 0 Å². The summed E-state index contributed by atoms with van der Waals surface area (Å²) in [6.45, 7) is 10.9. The molecule has 154 valence electrons. The summed E-state index contributed by atoms with van der Waals surface area (Å²) >= 11 is 1.72. The maximum Gasteiger partial charge on any atom is 0.214 e. The number of hydrogen-bond acceptors (Lipinski definition) is 5. The van der Waals surface area contributed by atoms with Crippen molar-refractivity contribution in [2.75, 3.05) is 16.6 Å². The summed E-state index contributed by atoms with van der Waals surface area (Å²) in [5, 5.41) is 3.16. The Hall–Kier alpha value is -0.920. The van der Waals surface area contributed by atoms with Crippen LogP contribution in [0.4, 0.5) is 11.4 Å². The normalized spacial score (nSPS) is 21.3. The van der Waals surface area contributed by atoms with E-state index in [-0.39, 0.29) is 16.0 Å². The third kappa shape index (κ3) is 7.92. The van der Waals surface area contributed by atoms with Crippen molar-refractivity contribution in [1.29, 1.82) is 0 Å². The quantitative estimate of drug-likeness (QED) is 0.532. The van der Waals surface area contributed by atoms with Gasteiger partial charge in [0, 0.05) is 28.7 Å². The number of benzene rings is 1. The van der Waals surface area contributed by atoms with Crippen molar-refractivity contribution in [3.8, 4) is 0 Å². The first-order valence-corrected chi connectivity index (χ1v) is 12.2. The van der Waals surface area contributed by atoms with Gasteiger partial charge >= 0.3 is 0 Å². The van der Waals surface area contributed by atoms with Gasteiger partial charge in [0.25, 0.3) is 0 Å². The van der Waals surface area contributed by atoms with Crippen LogP contribution in [0.1, 0.15) is 60.3 Å². The Morgan fingerprint density at radius 2 is 1.59 bits per heavy atom. The van der Waals surface area contributed by atoms with Crippen LogP contribution in [0, 0.1) is 5.92 Å². The van der Waals surface area contributed by atoms with Crippen LogP contribution >= 0.6 is 11.9 Å². The first-order chi connectivity index (χ1) is 12.5. The van der Waals surface area contributed by atoms with Gasteiger partial charge in [0.05, 0.1) is 5.25 Å². The molecule has 0 aromatic heterocycles. The summed E-state index contributed by atoms with van der Waals surface area (Å²) in [6.07, 6.45) is 3.96. The standard InChI is InChI=1S/C20H35N3O2S2/c1-15(2)27(24,25)23-19-8-6-16(7-9-19)14-21-17-10-12-18(13-11-17)22-26-20(3,4)5/h10-13,15-16,19,21-23H,6-9,14H2,1-5H3/t16-,19-. The Balaban J connectivity index is 1.72. The van der Waals surface area contributed by atoms with Crippen LogP contribution in [-0.4, -0.2) is 31.0 Å². The van der Waals surface area contributed by atoms with Crippen LogP contribution in [0.25, 0.3) is 0 Å². The molecule has 2 rings (SSSR count). The zero-order valence-corrected chi connectivity index (χ0v) is 18.8. The second kappa shape index (κ2) is 9.52. The Morgan fingerprint density at radius 1 is 1.04 bits per heavy atom. The van der Waals surface area contributed by atoms with Gasteiger partial charge in [0.15, 0.2) is 0 Å². The summed E-state index contributed by atoms with van der Waals surface area (Å²) < 4.78 is 30.4. The highest BCUT2D eigenvalue weighted by Gasteiger charge is 2.26. The van der Waals surface area contributed by atoms with Crippen molar-refractivity contribution < 1.29 is 8.42 Å². The molecule has 27 heavy (non-hydrogen) atoms. The van der Waals surface area contributed by atoms with Gasteiger partial charge in [-0.3, -0.25) is 0 Å². The molecule has 1 aromatic rings. The molecule has 1 aliphatic carbocycles. The van der Waals surface area contributed by atoms with E-state index < -0.39 is 10.0 Å². The van der Waals surface area contributed by atoms with E-state index >= 15 is 0 Å². The lowest BCUT2D eigenvalue weighted by Gasteiger charge is -2.29. The molecule has 1 aliphatic rings. The fourth-order valence-electron chi connectivity index (χ4n) is 2.98. The lowest BCUT2D eigenvalue weighted by molar-refractivity contribution is 0.323. The Kier molecular flexibility index (Phi) is 7.89. The number of sulfonamides is 1. The molecule has 0 bridgehead atoms. The van der Waals surface area contributed by atoms with Gasteiger partial charge in [-0.2, -0.15) is 0 Å². The zero-order valence-electron chi connectivity index (χ0n) is 17.2. The molecule has 5 nitrogen and oxygen atoms in total. The first-order valence-electron chi connectivity index (χ1n) is 9.84. The molecule has 7 heteroatoms. The molecule has 0 saturated heterocycles. The van der Waals surface area contributed by atoms with E-state index in [1.54, 1.807) is 25.8 Å². The van der Waals surface area contributed by atoms with Crippen LogP contribution in [0.15, 0.2) is 24.3 Å². The van der Waals surface area contributed by atoms with E-state index in [9.17, 15) is 8.42 Å². The minimum absolute atomic E-state index is 0.0966. The molecule has 0 amide bonds. The number of hydrogen-bond donors (Lipinski definition) is 3. The van der Waals surface area contributed by atoms with E-state index in [1.165, 1.54) is 0 Å². The molecule has 0 heterocycles. The molecule has 0 radical (unpaired) electrons. The summed E-state index contributed by atoms with van der Waals surface area (Å²) in [6, 6.07) is 8.50. The number of anilines is 2. The molecular formula is C20H35N3O2S2. The molecule has 0 spiro atoms. The van der Waals surface area contributed by atoms with Gasteiger partial charge in [-0.05, 0) is 102 Å². The minimum Gasteiger partial charge on any atom is -0.385 e. The summed E-state index contributed by atoms with van der Waals surface area (Å²) in [4.78, 5) is 0. The van der Waals surface area contributed by atoms with Crippen molar-refractivity contribution >= 4 is 33.3 Å². The number of nitrogens with one attached hydrogen (secondary N) is 3. The van der Waals surface area contributed by atoms with Crippen molar-refractivity contribution in [3.05, 3.63) is 24.3 Å². The largest absolute Gasteiger partial charge is 0.385 e. The lowest BCUT2D eigenvalue weighted by atomic mass is 9.86. The molecule has 1 saturated carbocycles. The first kappa shape index (κ1) is 22.4. The van der Waals surface area contributed by atoms with Gasteiger partial charge in [-0.1, -0.05) is 0 Å². The Morgan fingerprint density at radius 3 is 2.11 bits per heavy atom. The van der Waals surface area contributed by atoms with Crippen LogP contribution in [-0.2, 0) is 10.0 Å².